The number of hydrogen-bond acceptors (Lipinski definition) is 2. The molecule has 0 unspecified atom stereocenters. The number of rotatable bonds is 1. The van der Waals surface area contributed by atoms with Crippen LogP contribution in [-0.4, -0.2) is 5.54 Å². The number of nitrogens with one attached hydrogen (secondary N) is 1. The topological polar surface area (TPSA) is 35.8 Å². The van der Waals surface area contributed by atoms with E-state index in [2.05, 4.69) is 9.60 Å². The maximum absolute atomic E-state index is 8.34. The Kier molecular flexibility index (Phi) is 1.22. The first kappa shape index (κ1) is 5.32. The average molecular weight is 208 g/mol. The minimum Gasteiger partial charge on any atom is -0.242 e. The minimum absolute atomic E-state index is 0.124. The lowest BCUT2D eigenvalue weighted by Crippen LogP contribution is -2.18. The summed E-state index contributed by atoms with van der Waals surface area (Å²) in [6.45, 7) is 0. The summed E-state index contributed by atoms with van der Waals surface area (Å²) in [6, 6.07) is 2.18. The van der Waals surface area contributed by atoms with Crippen molar-refractivity contribution in [1.82, 2.24) is 3.53 Å². The van der Waals surface area contributed by atoms with E-state index in [1.54, 1.807) is 0 Å². The van der Waals surface area contributed by atoms with Gasteiger partial charge < -0.3 is 0 Å². The highest BCUT2D eigenvalue weighted by Gasteiger charge is 2.42. The lowest BCUT2D eigenvalue weighted by Gasteiger charge is -1.95. The predicted octanol–water partition coefficient (Wildman–Crippen LogP) is 0.982. The Morgan fingerprint density at radius 3 is 2.29 bits per heavy atom. The van der Waals surface area contributed by atoms with Crippen molar-refractivity contribution in [1.29, 1.82) is 5.26 Å². The van der Waals surface area contributed by atoms with Crippen LogP contribution in [0.5, 0.6) is 0 Å². The monoisotopic (exact) mass is 208 g/mol. The first-order valence-electron chi connectivity index (χ1n) is 2.12. The maximum Gasteiger partial charge on any atom is 0.115 e. The van der Waals surface area contributed by atoms with Crippen molar-refractivity contribution in [3.8, 4) is 6.07 Å². The molecule has 0 aromatic rings. The van der Waals surface area contributed by atoms with Crippen molar-refractivity contribution in [2.75, 3.05) is 0 Å². The van der Waals surface area contributed by atoms with E-state index >= 15 is 0 Å². The second kappa shape index (κ2) is 1.60. The van der Waals surface area contributed by atoms with E-state index in [0.717, 1.165) is 12.8 Å². The average Bonchev–Trinajstić information content (AvgIpc) is 2.46. The molecule has 3 heteroatoms. The van der Waals surface area contributed by atoms with Crippen LogP contribution in [0.1, 0.15) is 12.8 Å². The first-order valence-corrected chi connectivity index (χ1v) is 3.20. The predicted molar refractivity (Wildman–Crippen MR) is 34.7 cm³/mol. The smallest absolute Gasteiger partial charge is 0.115 e. The first-order chi connectivity index (χ1) is 3.33. The largest absolute Gasteiger partial charge is 0.242 e. The molecule has 0 aliphatic heterocycles. The molecule has 0 atom stereocenters. The summed E-state index contributed by atoms with van der Waals surface area (Å²) in [6.07, 6.45) is 2.04. The van der Waals surface area contributed by atoms with Gasteiger partial charge in [0.2, 0.25) is 0 Å². The molecule has 0 aromatic heterocycles. The van der Waals surface area contributed by atoms with Gasteiger partial charge in [-0.1, -0.05) is 0 Å². The highest BCUT2D eigenvalue weighted by molar-refractivity contribution is 14.1. The lowest BCUT2D eigenvalue weighted by molar-refractivity contribution is 0.827. The molecule has 1 fully saturated rings. The van der Waals surface area contributed by atoms with E-state index in [4.69, 9.17) is 5.26 Å². The fourth-order valence-corrected chi connectivity index (χ4v) is 1.01. The van der Waals surface area contributed by atoms with E-state index in [0.29, 0.717) is 0 Å². The van der Waals surface area contributed by atoms with Crippen molar-refractivity contribution in [3.05, 3.63) is 0 Å². The Labute approximate surface area is 56.4 Å². The van der Waals surface area contributed by atoms with Crippen LogP contribution in [-0.2, 0) is 0 Å². The second-order valence-corrected chi connectivity index (χ2v) is 2.33. The summed E-state index contributed by atoms with van der Waals surface area (Å²) >= 11 is 2.02. The second-order valence-electron chi connectivity index (χ2n) is 1.79. The van der Waals surface area contributed by atoms with Gasteiger partial charge in [-0.05, 0) is 12.8 Å². The van der Waals surface area contributed by atoms with Crippen molar-refractivity contribution < 1.29 is 0 Å². The third kappa shape index (κ3) is 0.864. The van der Waals surface area contributed by atoms with Crippen molar-refractivity contribution in [2.24, 2.45) is 0 Å². The summed E-state index contributed by atoms with van der Waals surface area (Å²) < 4.78 is 2.91. The van der Waals surface area contributed by atoms with E-state index in [-0.39, 0.29) is 5.54 Å². The Hall–Kier alpha value is 0.180. The van der Waals surface area contributed by atoms with E-state index < -0.39 is 0 Å². The van der Waals surface area contributed by atoms with Gasteiger partial charge in [0.15, 0.2) is 0 Å². The summed E-state index contributed by atoms with van der Waals surface area (Å²) in [5.74, 6) is 0. The molecule has 38 valence electrons. The highest BCUT2D eigenvalue weighted by Crippen LogP contribution is 2.34. The van der Waals surface area contributed by atoms with Gasteiger partial charge in [-0.25, -0.2) is 3.53 Å². The molecule has 1 rings (SSSR count). The molecule has 0 bridgehead atoms. The van der Waals surface area contributed by atoms with Crippen LogP contribution < -0.4 is 3.53 Å². The van der Waals surface area contributed by atoms with Gasteiger partial charge in [-0.15, -0.1) is 0 Å². The van der Waals surface area contributed by atoms with Gasteiger partial charge in [0.25, 0.3) is 0 Å². The molecule has 1 saturated carbocycles. The van der Waals surface area contributed by atoms with Gasteiger partial charge in [-0.2, -0.15) is 5.26 Å². The van der Waals surface area contributed by atoms with Crippen LogP contribution in [0.2, 0.25) is 0 Å². The van der Waals surface area contributed by atoms with Gasteiger partial charge >= 0.3 is 0 Å². The summed E-state index contributed by atoms with van der Waals surface area (Å²) in [7, 11) is 0. The van der Waals surface area contributed by atoms with Crippen molar-refractivity contribution in [3.63, 3.8) is 0 Å². The molecule has 7 heavy (non-hydrogen) atoms. The molecule has 0 saturated heterocycles. The molecule has 1 N–H and O–H groups in total. The zero-order valence-electron chi connectivity index (χ0n) is 3.74. The Morgan fingerprint density at radius 1 is 1.71 bits per heavy atom. The lowest BCUT2D eigenvalue weighted by atomic mass is 10.4. The Morgan fingerprint density at radius 2 is 2.29 bits per heavy atom. The molecule has 0 spiro atoms. The van der Waals surface area contributed by atoms with Gasteiger partial charge in [-0.3, -0.25) is 0 Å². The van der Waals surface area contributed by atoms with E-state index in [9.17, 15) is 0 Å². The summed E-state index contributed by atoms with van der Waals surface area (Å²) in [4.78, 5) is 0. The maximum atomic E-state index is 8.34. The molecule has 0 heterocycles. The number of halogens is 1. The number of hydrogen-bond donors (Lipinski definition) is 1. The molecule has 1 aliphatic carbocycles. The molecular formula is C4H5IN2. The standard InChI is InChI=1S/C4H5IN2/c5-7-4(3-6)1-2-4/h7H,1-2H2. The fraction of sp³-hybridized carbons (Fsp3) is 0.750. The van der Waals surface area contributed by atoms with E-state index in [1.807, 2.05) is 22.9 Å². The quantitative estimate of drug-likeness (QED) is 0.515. The normalized spacial score (nSPS) is 23.4. The van der Waals surface area contributed by atoms with E-state index in [1.165, 1.54) is 0 Å². The molecule has 0 radical (unpaired) electrons. The zero-order valence-corrected chi connectivity index (χ0v) is 5.90. The van der Waals surface area contributed by atoms with Crippen LogP contribution in [0.15, 0.2) is 0 Å². The van der Waals surface area contributed by atoms with Crippen LogP contribution in [0.4, 0.5) is 0 Å². The summed E-state index contributed by atoms with van der Waals surface area (Å²) in [5.41, 5.74) is -0.124. The molecule has 0 aromatic carbocycles. The third-order valence-electron chi connectivity index (χ3n) is 1.14. The molecular weight excluding hydrogens is 203 g/mol. The van der Waals surface area contributed by atoms with Crippen molar-refractivity contribution >= 4 is 22.9 Å². The van der Waals surface area contributed by atoms with Crippen LogP contribution in [0, 0.1) is 11.3 Å². The molecule has 0 amide bonds. The number of nitrogens with zero attached hydrogens (tertiary/aromatic N) is 1. The fourth-order valence-electron chi connectivity index (χ4n) is 0.352. The molecule has 2 nitrogen and oxygen atoms in total. The van der Waals surface area contributed by atoms with Crippen LogP contribution in [0.25, 0.3) is 0 Å². The van der Waals surface area contributed by atoms with Gasteiger partial charge in [0, 0.05) is 22.9 Å². The van der Waals surface area contributed by atoms with Crippen molar-refractivity contribution in [2.45, 2.75) is 18.4 Å². The Balaban J connectivity index is 2.47. The highest BCUT2D eigenvalue weighted by atomic mass is 127. The summed E-state index contributed by atoms with van der Waals surface area (Å²) in [5, 5.41) is 8.34. The molecule has 1 aliphatic rings. The number of nitriles is 1. The Bertz CT molecular complexity index is 111. The SMILES string of the molecule is N#CC1(NI)CC1. The van der Waals surface area contributed by atoms with Gasteiger partial charge in [0.1, 0.15) is 5.54 Å². The van der Waals surface area contributed by atoms with Gasteiger partial charge in [0.05, 0.1) is 6.07 Å². The zero-order chi connectivity index (χ0) is 5.33. The van der Waals surface area contributed by atoms with Crippen LogP contribution in [0.3, 0.4) is 0 Å². The van der Waals surface area contributed by atoms with Crippen LogP contribution >= 0.6 is 22.9 Å². The third-order valence-corrected chi connectivity index (χ3v) is 2.18. The minimum atomic E-state index is -0.124.